The molecule has 3 aromatic rings. The molecule has 3 aliphatic heterocycles. The number of unbranched alkanes of at least 4 members (excludes halogenated alkanes) is 6. The summed E-state index contributed by atoms with van der Waals surface area (Å²) in [4.78, 5) is 87.7. The minimum atomic E-state index is -0.877. The lowest BCUT2D eigenvalue weighted by Crippen LogP contribution is -2.57. The number of aryl methyl sites for hydroxylation is 2. The SMILES string of the molecule is Cc1ncsc1-c1ccc(CNC(=O)[C@@H]2C[C@@H](O)CN2C(=O)[C@@H](NC(=O)CCCCCCCCCOC[C@H](CCC(N)=O)NC(=O)[C@@H]2Cc3cccc4c3N2C(=O)[C@@H](N)CC4)C(C)(C)C)cc1. The molecule has 6 amide bonds. The first-order valence-electron chi connectivity index (χ1n) is 23.9. The number of amides is 6. The molecule has 0 unspecified atom stereocenters. The summed E-state index contributed by atoms with van der Waals surface area (Å²) in [6.07, 6.45) is 7.75. The Morgan fingerprint density at radius 1 is 0.925 bits per heavy atom. The lowest BCUT2D eigenvalue weighted by atomic mass is 9.85. The van der Waals surface area contributed by atoms with Crippen LogP contribution >= 0.6 is 11.3 Å². The van der Waals surface area contributed by atoms with E-state index in [4.69, 9.17) is 16.2 Å². The fourth-order valence-corrected chi connectivity index (χ4v) is 10.1. The molecule has 1 fully saturated rings. The van der Waals surface area contributed by atoms with Gasteiger partial charge in [-0.3, -0.25) is 33.7 Å². The van der Waals surface area contributed by atoms with Gasteiger partial charge in [-0.15, -0.1) is 11.3 Å². The van der Waals surface area contributed by atoms with Crippen LogP contribution in [-0.2, 0) is 52.9 Å². The molecule has 0 bridgehead atoms. The van der Waals surface area contributed by atoms with Crippen LogP contribution in [0, 0.1) is 12.3 Å². The van der Waals surface area contributed by atoms with Crippen molar-refractivity contribution in [2.24, 2.45) is 16.9 Å². The molecule has 0 radical (unpaired) electrons. The van der Waals surface area contributed by atoms with Crippen molar-refractivity contribution < 1.29 is 38.6 Å². The van der Waals surface area contributed by atoms with Crippen LogP contribution < -0.4 is 32.3 Å². The van der Waals surface area contributed by atoms with E-state index in [2.05, 4.69) is 20.9 Å². The zero-order valence-corrected chi connectivity index (χ0v) is 40.3. The number of thiazole rings is 1. The van der Waals surface area contributed by atoms with Gasteiger partial charge in [-0.25, -0.2) is 4.98 Å². The number of likely N-dealkylation sites (tertiary alicyclic amines) is 1. The Labute approximate surface area is 398 Å². The van der Waals surface area contributed by atoms with E-state index in [0.29, 0.717) is 38.7 Å². The highest BCUT2D eigenvalue weighted by Gasteiger charge is 2.45. The van der Waals surface area contributed by atoms with Gasteiger partial charge in [0, 0.05) is 45.4 Å². The van der Waals surface area contributed by atoms with Gasteiger partial charge >= 0.3 is 0 Å². The molecule has 67 heavy (non-hydrogen) atoms. The molecule has 0 spiro atoms. The quantitative estimate of drug-likeness (QED) is 0.0735. The maximum atomic E-state index is 14.0. The number of aromatic nitrogens is 1. The van der Waals surface area contributed by atoms with Gasteiger partial charge in [0.25, 0.3) is 0 Å². The summed E-state index contributed by atoms with van der Waals surface area (Å²) in [6.45, 7) is 8.58. The minimum Gasteiger partial charge on any atom is -0.391 e. The lowest BCUT2D eigenvalue weighted by Gasteiger charge is -2.35. The van der Waals surface area contributed by atoms with Crippen molar-refractivity contribution in [1.82, 2.24) is 25.8 Å². The third-order valence-corrected chi connectivity index (χ3v) is 14.0. The number of hydrogen-bond donors (Lipinski definition) is 6. The molecule has 6 rings (SSSR count). The number of benzene rings is 2. The molecule has 364 valence electrons. The number of aliphatic hydroxyl groups excluding tert-OH is 1. The number of nitrogens with two attached hydrogens (primary N) is 2. The van der Waals surface area contributed by atoms with Gasteiger partial charge in [-0.05, 0) is 66.7 Å². The zero-order valence-electron chi connectivity index (χ0n) is 39.5. The fourth-order valence-electron chi connectivity index (χ4n) is 9.29. The first-order chi connectivity index (χ1) is 32.0. The Balaban J connectivity index is 0.867. The van der Waals surface area contributed by atoms with Crippen molar-refractivity contribution in [3.05, 3.63) is 70.4 Å². The number of ether oxygens (including phenoxy) is 1. The smallest absolute Gasteiger partial charge is 0.246 e. The number of hydrogen-bond acceptors (Lipinski definition) is 11. The van der Waals surface area contributed by atoms with E-state index >= 15 is 0 Å². The first kappa shape index (κ1) is 51.2. The summed E-state index contributed by atoms with van der Waals surface area (Å²) in [7, 11) is 0. The molecular formula is C50H70N8O8S. The minimum absolute atomic E-state index is 0.0142. The second kappa shape index (κ2) is 23.7. The van der Waals surface area contributed by atoms with E-state index in [1.807, 2.05) is 75.7 Å². The molecule has 2 aromatic carbocycles. The van der Waals surface area contributed by atoms with Crippen LogP contribution in [0.1, 0.15) is 120 Å². The van der Waals surface area contributed by atoms with Gasteiger partial charge in [0.15, 0.2) is 0 Å². The summed E-state index contributed by atoms with van der Waals surface area (Å²) in [5.74, 6) is -1.99. The maximum Gasteiger partial charge on any atom is 0.246 e. The standard InChI is InChI=1S/C50H70N8O8S/c1-31-44(67-30-54-31)34-18-16-32(17-19-34)27-53-46(62)39-26-37(59)28-57(39)49(65)45(50(2,3)4)56-42(61)15-10-8-6-5-7-9-11-24-66-29-36(21-23-41(52)60)55-47(63)40-25-35-14-12-13-33-20-22-38(51)48(64)58(40)43(33)35/h12-14,16-19,30,36-40,45,59H,5-11,15,20-29,51H2,1-4H3,(H2,52,60)(H,53,62)(H,55,63)(H,56,61)/t36-,37+,38-,39-,40-,45+/m0/s1. The predicted molar refractivity (Wildman–Crippen MR) is 257 cm³/mol. The van der Waals surface area contributed by atoms with Gasteiger partial charge < -0.3 is 42.2 Å². The monoisotopic (exact) mass is 943 g/mol. The normalized spacial score (nSPS) is 19.9. The molecule has 1 aromatic heterocycles. The van der Waals surface area contributed by atoms with Crippen LogP contribution in [0.2, 0.25) is 0 Å². The average Bonchev–Trinajstić information content (AvgIpc) is 4.01. The number of rotatable bonds is 23. The number of nitrogens with zero attached hydrogens (tertiary/aromatic N) is 3. The molecule has 3 aliphatic rings. The number of carbonyl (C=O) groups excluding carboxylic acids is 6. The fraction of sp³-hybridized carbons (Fsp3) is 0.580. The molecule has 6 atom stereocenters. The summed E-state index contributed by atoms with van der Waals surface area (Å²) < 4.78 is 5.97. The van der Waals surface area contributed by atoms with Crippen LogP contribution in [0.25, 0.3) is 10.4 Å². The highest BCUT2D eigenvalue weighted by Crippen LogP contribution is 2.39. The van der Waals surface area contributed by atoms with E-state index in [9.17, 15) is 33.9 Å². The van der Waals surface area contributed by atoms with Crippen molar-refractivity contribution in [1.29, 1.82) is 0 Å². The van der Waals surface area contributed by atoms with Gasteiger partial charge in [-0.2, -0.15) is 0 Å². The van der Waals surface area contributed by atoms with Crippen molar-refractivity contribution in [3.63, 3.8) is 0 Å². The van der Waals surface area contributed by atoms with Crippen LogP contribution in [0.4, 0.5) is 5.69 Å². The number of anilines is 1. The molecule has 16 nitrogen and oxygen atoms in total. The van der Waals surface area contributed by atoms with Crippen molar-refractivity contribution >= 4 is 52.5 Å². The van der Waals surface area contributed by atoms with E-state index < -0.39 is 47.6 Å². The highest BCUT2D eigenvalue weighted by atomic mass is 32.1. The van der Waals surface area contributed by atoms with Crippen molar-refractivity contribution in [2.75, 3.05) is 24.7 Å². The van der Waals surface area contributed by atoms with Gasteiger partial charge in [0.2, 0.25) is 35.4 Å². The molecule has 0 aliphatic carbocycles. The summed E-state index contributed by atoms with van der Waals surface area (Å²) in [5, 5.41) is 19.5. The Bertz CT molecular complexity index is 2210. The third kappa shape index (κ3) is 13.7. The van der Waals surface area contributed by atoms with Crippen LogP contribution in [0.3, 0.4) is 0 Å². The molecular weight excluding hydrogens is 873 g/mol. The Hall–Kier alpha value is -5.23. The number of primary amides is 1. The Morgan fingerprint density at radius 3 is 2.31 bits per heavy atom. The van der Waals surface area contributed by atoms with Crippen LogP contribution in [0.15, 0.2) is 48.0 Å². The third-order valence-electron chi connectivity index (χ3n) is 13.1. The molecule has 4 heterocycles. The number of β-amino-alcohol motifs (C(OH)–C–C–N with tert-alkyl or cyclic N) is 1. The molecule has 8 N–H and O–H groups in total. The highest BCUT2D eigenvalue weighted by molar-refractivity contribution is 7.13. The van der Waals surface area contributed by atoms with Crippen LogP contribution in [-0.4, -0.2) is 107 Å². The summed E-state index contributed by atoms with van der Waals surface area (Å²) >= 11 is 1.58. The maximum absolute atomic E-state index is 14.0. The van der Waals surface area contributed by atoms with Gasteiger partial charge in [0.05, 0.1) is 46.6 Å². The topological polar surface area (TPSA) is 239 Å². The van der Waals surface area contributed by atoms with Gasteiger partial charge in [0.1, 0.15) is 18.1 Å². The second-order valence-corrected chi connectivity index (χ2v) is 20.3. The lowest BCUT2D eigenvalue weighted by molar-refractivity contribution is -0.144. The number of nitrogens with one attached hydrogen (secondary N) is 3. The first-order valence-corrected chi connectivity index (χ1v) is 24.8. The molecule has 1 saturated heterocycles. The van der Waals surface area contributed by atoms with E-state index in [1.165, 1.54) is 4.90 Å². The summed E-state index contributed by atoms with van der Waals surface area (Å²) in [6, 6.07) is 10.2. The van der Waals surface area contributed by atoms with E-state index in [-0.39, 0.29) is 68.5 Å². The average molecular weight is 943 g/mol. The number of aliphatic hydroxyl groups is 1. The van der Waals surface area contributed by atoms with Crippen molar-refractivity contribution in [2.45, 2.75) is 160 Å². The largest absolute Gasteiger partial charge is 0.391 e. The number of para-hydroxylation sites is 1. The molecule has 0 saturated carbocycles. The predicted octanol–water partition coefficient (Wildman–Crippen LogP) is 4.35. The number of carbonyl (C=O) groups is 6. The van der Waals surface area contributed by atoms with Crippen molar-refractivity contribution in [3.8, 4) is 10.4 Å². The van der Waals surface area contributed by atoms with Gasteiger partial charge in [-0.1, -0.05) is 95.3 Å². The zero-order chi connectivity index (χ0) is 48.3. The van der Waals surface area contributed by atoms with E-state index in [1.54, 1.807) is 16.2 Å². The summed E-state index contributed by atoms with van der Waals surface area (Å²) in [5.41, 5.74) is 18.5. The van der Waals surface area contributed by atoms with Crippen LogP contribution in [0.5, 0.6) is 0 Å². The molecule has 17 heteroatoms. The Morgan fingerprint density at radius 2 is 1.63 bits per heavy atom. The second-order valence-electron chi connectivity index (χ2n) is 19.5. The van der Waals surface area contributed by atoms with E-state index in [0.717, 1.165) is 77.0 Å². The Kier molecular flexibility index (Phi) is 18.1.